The second-order valence-corrected chi connectivity index (χ2v) is 16.8. The highest BCUT2D eigenvalue weighted by Crippen LogP contribution is 2.51. The lowest BCUT2D eigenvalue weighted by molar-refractivity contribution is 0.774. The molecule has 0 N–H and O–H groups in total. The summed E-state index contributed by atoms with van der Waals surface area (Å²) >= 11 is 1.91. The Hall–Kier alpha value is -7.08. The number of rotatable bonds is 3. The van der Waals surface area contributed by atoms with Crippen molar-refractivity contribution in [1.82, 2.24) is 19.1 Å². The van der Waals surface area contributed by atoms with E-state index in [1.807, 2.05) is 11.3 Å². The van der Waals surface area contributed by atoms with Gasteiger partial charge in [0.15, 0.2) is 5.82 Å². The fourth-order valence-electron chi connectivity index (χ4n) is 9.97. The molecule has 272 valence electrons. The molecule has 0 saturated carbocycles. The van der Waals surface area contributed by atoms with Crippen LogP contribution in [0, 0.1) is 0 Å². The predicted octanol–water partition coefficient (Wildman–Crippen LogP) is 14.5. The third kappa shape index (κ3) is 4.34. The number of hydrogen-bond donors (Lipinski definition) is 0. The van der Waals surface area contributed by atoms with Gasteiger partial charge < -0.3 is 4.57 Å². The number of benzene rings is 8. The molecule has 1 unspecified atom stereocenters. The van der Waals surface area contributed by atoms with Gasteiger partial charge >= 0.3 is 0 Å². The minimum atomic E-state index is 0.482. The SMILES string of the molecule is CC1CC=Cc2c1ccc1sc3c(c4ccccc4c4c5ccccc5n(-c5nc6ccccc6nc5-c5ccc6c(c5)c5ccccc5n6-c5ccccc5)c34)c21. The van der Waals surface area contributed by atoms with E-state index in [-0.39, 0.29) is 0 Å². The van der Waals surface area contributed by atoms with Gasteiger partial charge in [0, 0.05) is 48.3 Å². The predicted molar refractivity (Wildman–Crippen MR) is 246 cm³/mol. The van der Waals surface area contributed by atoms with E-state index in [2.05, 4.69) is 186 Å². The zero-order valence-electron chi connectivity index (χ0n) is 31.6. The second-order valence-electron chi connectivity index (χ2n) is 15.7. The highest BCUT2D eigenvalue weighted by molar-refractivity contribution is 7.27. The Kier molecular flexibility index (Phi) is 6.61. The van der Waals surface area contributed by atoms with Crippen molar-refractivity contribution < 1.29 is 0 Å². The minimum Gasteiger partial charge on any atom is -0.309 e. The lowest BCUT2D eigenvalue weighted by Gasteiger charge is -2.19. The van der Waals surface area contributed by atoms with Crippen molar-refractivity contribution in [2.75, 3.05) is 0 Å². The number of allylic oxidation sites excluding steroid dienone is 1. The van der Waals surface area contributed by atoms with E-state index < -0.39 is 0 Å². The molecule has 1 aliphatic carbocycles. The molecule has 13 rings (SSSR count). The fourth-order valence-corrected chi connectivity index (χ4v) is 11.2. The maximum Gasteiger partial charge on any atom is 0.165 e. The molecule has 0 amide bonds. The Morgan fingerprint density at radius 2 is 1.21 bits per heavy atom. The van der Waals surface area contributed by atoms with Gasteiger partial charge in [0.05, 0.1) is 37.8 Å². The average Bonchev–Trinajstić information content (AvgIpc) is 3.95. The van der Waals surface area contributed by atoms with Gasteiger partial charge in [0.25, 0.3) is 0 Å². The molecular weight excluding hydrogens is 725 g/mol. The molecule has 58 heavy (non-hydrogen) atoms. The highest BCUT2D eigenvalue weighted by atomic mass is 32.1. The average molecular weight is 759 g/mol. The Balaban J connectivity index is 1.19. The van der Waals surface area contributed by atoms with Crippen molar-refractivity contribution >= 4 is 103 Å². The second kappa shape index (κ2) is 12.0. The Bertz CT molecular complexity index is 3730. The molecule has 1 atom stereocenters. The summed E-state index contributed by atoms with van der Waals surface area (Å²) in [6.07, 6.45) is 5.80. The van der Waals surface area contributed by atoms with Crippen LogP contribution in [0.25, 0.3) is 114 Å². The molecule has 12 aromatic rings. The van der Waals surface area contributed by atoms with E-state index in [1.165, 1.54) is 74.6 Å². The summed E-state index contributed by atoms with van der Waals surface area (Å²) in [6.45, 7) is 2.35. The van der Waals surface area contributed by atoms with Gasteiger partial charge in [-0.2, -0.15) is 0 Å². The van der Waals surface area contributed by atoms with Gasteiger partial charge in [-0.25, -0.2) is 9.97 Å². The molecule has 1 aliphatic rings. The molecule has 5 heteroatoms. The molecule has 4 nitrogen and oxygen atoms in total. The Morgan fingerprint density at radius 3 is 2.02 bits per heavy atom. The van der Waals surface area contributed by atoms with E-state index in [1.54, 1.807) is 0 Å². The highest BCUT2D eigenvalue weighted by Gasteiger charge is 2.27. The van der Waals surface area contributed by atoms with Crippen LogP contribution in [0.1, 0.15) is 30.4 Å². The van der Waals surface area contributed by atoms with E-state index in [4.69, 9.17) is 9.97 Å². The van der Waals surface area contributed by atoms with Gasteiger partial charge in [-0.1, -0.05) is 122 Å². The van der Waals surface area contributed by atoms with Crippen LogP contribution in [-0.2, 0) is 0 Å². The van der Waals surface area contributed by atoms with Gasteiger partial charge in [0.1, 0.15) is 5.69 Å². The first-order valence-electron chi connectivity index (χ1n) is 20.1. The van der Waals surface area contributed by atoms with Crippen molar-refractivity contribution in [2.45, 2.75) is 19.3 Å². The van der Waals surface area contributed by atoms with Crippen LogP contribution in [-0.4, -0.2) is 19.1 Å². The maximum absolute atomic E-state index is 5.60. The summed E-state index contributed by atoms with van der Waals surface area (Å²) < 4.78 is 7.40. The zero-order valence-corrected chi connectivity index (χ0v) is 32.5. The summed E-state index contributed by atoms with van der Waals surface area (Å²) in [5.74, 6) is 1.32. The van der Waals surface area contributed by atoms with Crippen molar-refractivity contribution in [3.8, 4) is 22.8 Å². The van der Waals surface area contributed by atoms with Crippen LogP contribution in [0.2, 0.25) is 0 Å². The summed E-state index contributed by atoms with van der Waals surface area (Å²) in [5, 5.41) is 10.1. The number of nitrogens with zero attached hydrogens (tertiary/aromatic N) is 4. The maximum atomic E-state index is 5.60. The van der Waals surface area contributed by atoms with Gasteiger partial charge in [0.2, 0.25) is 0 Å². The Labute approximate surface area is 337 Å². The van der Waals surface area contributed by atoms with Crippen molar-refractivity contribution in [3.05, 3.63) is 175 Å². The molecule has 0 spiro atoms. The molecule has 4 aromatic heterocycles. The van der Waals surface area contributed by atoms with E-state index in [0.717, 1.165) is 51.3 Å². The smallest absolute Gasteiger partial charge is 0.165 e. The molecule has 0 radical (unpaired) electrons. The molecular formula is C53H34N4S. The third-order valence-electron chi connectivity index (χ3n) is 12.5. The quantitative estimate of drug-likeness (QED) is 0.180. The van der Waals surface area contributed by atoms with Crippen molar-refractivity contribution in [2.24, 2.45) is 0 Å². The zero-order chi connectivity index (χ0) is 38.1. The molecule has 8 aromatic carbocycles. The van der Waals surface area contributed by atoms with E-state index in [0.29, 0.717) is 5.92 Å². The topological polar surface area (TPSA) is 35.6 Å². The van der Waals surface area contributed by atoms with Gasteiger partial charge in [-0.3, -0.25) is 4.57 Å². The Morgan fingerprint density at radius 1 is 0.552 bits per heavy atom. The number of fused-ring (bicyclic) bond motifs is 16. The molecule has 4 heterocycles. The van der Waals surface area contributed by atoms with E-state index >= 15 is 0 Å². The molecule has 0 saturated heterocycles. The standard InChI is InChI=1S/C53H34N4S/c1-31-14-13-21-36-34(31)27-29-46-48(36)49-38-19-6-5-18-37(38)47-39-20-8-12-25-44(39)57(51(47)52(49)58-46)53-50(54-41-22-9-10-23-42(41)55-53)32-26-28-45-40(30-32)35-17-7-11-24-43(35)56(45)33-15-3-2-4-16-33/h2-13,15-31H,14H2,1H3. The largest absolute Gasteiger partial charge is 0.309 e. The van der Waals surface area contributed by atoms with Gasteiger partial charge in [-0.05, 0) is 88.8 Å². The summed E-state index contributed by atoms with van der Waals surface area (Å²) in [4.78, 5) is 11.1. The first-order valence-corrected chi connectivity index (χ1v) is 20.9. The molecule has 0 fully saturated rings. The van der Waals surface area contributed by atoms with Crippen LogP contribution in [0.4, 0.5) is 0 Å². The molecule has 0 bridgehead atoms. The lowest BCUT2D eigenvalue weighted by atomic mass is 9.85. The van der Waals surface area contributed by atoms with Crippen LogP contribution in [0.5, 0.6) is 0 Å². The van der Waals surface area contributed by atoms with Crippen molar-refractivity contribution in [3.63, 3.8) is 0 Å². The van der Waals surface area contributed by atoms with Crippen LogP contribution in [0.3, 0.4) is 0 Å². The fraction of sp³-hybridized carbons (Fsp3) is 0.0566. The first-order chi connectivity index (χ1) is 28.7. The number of hydrogen-bond acceptors (Lipinski definition) is 3. The summed E-state index contributed by atoms with van der Waals surface area (Å²) in [6, 6.07) is 57.1. The number of thiophene rings is 1. The van der Waals surface area contributed by atoms with E-state index in [9.17, 15) is 0 Å². The third-order valence-corrected chi connectivity index (χ3v) is 13.7. The lowest BCUT2D eigenvalue weighted by Crippen LogP contribution is -2.04. The van der Waals surface area contributed by atoms with Crippen LogP contribution < -0.4 is 0 Å². The monoisotopic (exact) mass is 758 g/mol. The summed E-state index contributed by atoms with van der Waals surface area (Å²) in [7, 11) is 0. The van der Waals surface area contributed by atoms with Gasteiger partial charge in [-0.15, -0.1) is 11.3 Å². The summed E-state index contributed by atoms with van der Waals surface area (Å²) in [5.41, 5.74) is 12.2. The van der Waals surface area contributed by atoms with Crippen molar-refractivity contribution in [1.29, 1.82) is 0 Å². The normalized spacial score (nSPS) is 14.3. The number of para-hydroxylation sites is 5. The molecule has 0 aliphatic heterocycles. The number of aromatic nitrogens is 4. The minimum absolute atomic E-state index is 0.482. The first kappa shape index (κ1) is 32.1. The van der Waals surface area contributed by atoms with Crippen LogP contribution in [0.15, 0.2) is 164 Å². The van der Waals surface area contributed by atoms with Crippen LogP contribution >= 0.6 is 11.3 Å².